The summed E-state index contributed by atoms with van der Waals surface area (Å²) >= 11 is 0. The van der Waals surface area contributed by atoms with Gasteiger partial charge in [-0.3, -0.25) is 0 Å². The van der Waals surface area contributed by atoms with Gasteiger partial charge in [-0.1, -0.05) is 60.7 Å². The van der Waals surface area contributed by atoms with Gasteiger partial charge in [0.2, 0.25) is 0 Å². The average Bonchev–Trinajstić information content (AvgIpc) is 3.10. The van der Waals surface area contributed by atoms with E-state index >= 15 is 0 Å². The molecule has 0 unspecified atom stereocenters. The Morgan fingerprint density at radius 3 is 1.93 bits per heavy atom. The first-order valence-electron chi connectivity index (χ1n) is 8.88. The fourth-order valence-corrected chi connectivity index (χ4v) is 2.95. The molecule has 5 nitrogen and oxygen atoms in total. The van der Waals surface area contributed by atoms with Crippen LogP contribution in [-0.4, -0.2) is 29.8 Å². The molecule has 0 fully saturated rings. The molecule has 0 atom stereocenters. The van der Waals surface area contributed by atoms with E-state index in [4.69, 9.17) is 9.47 Å². The molecule has 2 aromatic carbocycles. The Morgan fingerprint density at radius 2 is 1.37 bits per heavy atom. The Balaban J connectivity index is 2.30. The predicted octanol–water partition coefficient (Wildman–Crippen LogP) is 5.00. The molecule has 0 radical (unpaired) electrons. The van der Waals surface area contributed by atoms with Crippen molar-refractivity contribution in [2.24, 2.45) is 0 Å². The minimum Gasteiger partial charge on any atom is -0.461 e. The van der Waals surface area contributed by atoms with Crippen molar-refractivity contribution in [3.63, 3.8) is 0 Å². The molecule has 1 heterocycles. The van der Waals surface area contributed by atoms with Crippen molar-refractivity contribution in [3.05, 3.63) is 72.4 Å². The second-order valence-corrected chi connectivity index (χ2v) is 5.78. The molecule has 0 aliphatic rings. The molecule has 27 heavy (non-hydrogen) atoms. The Kier molecular flexibility index (Phi) is 5.71. The Morgan fingerprint density at radius 1 is 0.815 bits per heavy atom. The van der Waals surface area contributed by atoms with Gasteiger partial charge in [-0.15, -0.1) is 0 Å². The SMILES string of the molecule is CCOC(=O)c1c(-c2ccccc2)cc(-c2ccccc2)n1C(=O)OCC. The first-order valence-corrected chi connectivity index (χ1v) is 8.88. The summed E-state index contributed by atoms with van der Waals surface area (Å²) in [5, 5.41) is 0. The van der Waals surface area contributed by atoms with Crippen molar-refractivity contribution in [1.82, 2.24) is 4.57 Å². The van der Waals surface area contributed by atoms with Crippen molar-refractivity contribution < 1.29 is 19.1 Å². The number of hydrogen-bond donors (Lipinski definition) is 0. The van der Waals surface area contributed by atoms with Crippen LogP contribution in [-0.2, 0) is 9.47 Å². The molecule has 0 spiro atoms. The van der Waals surface area contributed by atoms with Crippen LogP contribution < -0.4 is 0 Å². The highest BCUT2D eigenvalue weighted by Gasteiger charge is 2.28. The number of nitrogens with zero attached hydrogens (tertiary/aromatic N) is 1. The van der Waals surface area contributed by atoms with E-state index in [1.165, 1.54) is 4.57 Å². The van der Waals surface area contributed by atoms with Gasteiger partial charge < -0.3 is 9.47 Å². The molecule has 0 aliphatic heterocycles. The number of ether oxygens (including phenoxy) is 2. The third-order valence-electron chi connectivity index (χ3n) is 4.07. The fraction of sp³-hybridized carbons (Fsp3) is 0.182. The van der Waals surface area contributed by atoms with Crippen molar-refractivity contribution in [1.29, 1.82) is 0 Å². The maximum absolute atomic E-state index is 12.8. The van der Waals surface area contributed by atoms with E-state index in [-0.39, 0.29) is 18.9 Å². The molecule has 0 saturated carbocycles. The maximum Gasteiger partial charge on any atom is 0.419 e. The number of aromatic nitrogens is 1. The summed E-state index contributed by atoms with van der Waals surface area (Å²) in [7, 11) is 0. The molecule has 0 amide bonds. The first kappa shape index (κ1) is 18.5. The van der Waals surface area contributed by atoms with Crippen LogP contribution in [0.4, 0.5) is 4.79 Å². The lowest BCUT2D eigenvalue weighted by Crippen LogP contribution is -2.21. The average molecular weight is 363 g/mol. The van der Waals surface area contributed by atoms with Gasteiger partial charge >= 0.3 is 12.1 Å². The number of benzene rings is 2. The van der Waals surface area contributed by atoms with Crippen LogP contribution in [0.3, 0.4) is 0 Å². The molecular formula is C22H21NO4. The van der Waals surface area contributed by atoms with Crippen LogP contribution in [0.1, 0.15) is 24.3 Å². The van der Waals surface area contributed by atoms with E-state index in [1.54, 1.807) is 13.8 Å². The molecule has 5 heteroatoms. The molecule has 3 rings (SSSR count). The standard InChI is InChI=1S/C22H21NO4/c1-3-26-21(24)20-18(16-11-7-5-8-12-16)15-19(17-13-9-6-10-14-17)23(20)22(25)27-4-2/h5-15H,3-4H2,1-2H3. The van der Waals surface area contributed by atoms with Gasteiger partial charge in [0.25, 0.3) is 0 Å². The molecule has 0 saturated heterocycles. The zero-order valence-electron chi connectivity index (χ0n) is 15.3. The van der Waals surface area contributed by atoms with Gasteiger partial charge in [0.05, 0.1) is 18.9 Å². The minimum absolute atomic E-state index is 0.167. The monoisotopic (exact) mass is 363 g/mol. The van der Waals surface area contributed by atoms with E-state index in [9.17, 15) is 9.59 Å². The molecule has 3 aromatic rings. The Bertz CT molecular complexity index is 854. The van der Waals surface area contributed by atoms with Crippen LogP contribution in [0.5, 0.6) is 0 Å². The highest BCUT2D eigenvalue weighted by Crippen LogP contribution is 2.33. The van der Waals surface area contributed by atoms with Crippen LogP contribution in [0.25, 0.3) is 22.4 Å². The van der Waals surface area contributed by atoms with Gasteiger partial charge in [-0.25, -0.2) is 14.2 Å². The van der Waals surface area contributed by atoms with E-state index in [1.807, 2.05) is 66.7 Å². The van der Waals surface area contributed by atoms with Crippen molar-refractivity contribution in [2.45, 2.75) is 13.8 Å². The molecular weight excluding hydrogens is 342 g/mol. The predicted molar refractivity (Wildman–Crippen MR) is 104 cm³/mol. The Hall–Kier alpha value is -3.34. The van der Waals surface area contributed by atoms with E-state index in [2.05, 4.69) is 0 Å². The fourth-order valence-electron chi connectivity index (χ4n) is 2.95. The molecule has 0 bridgehead atoms. The summed E-state index contributed by atoms with van der Waals surface area (Å²) in [6.45, 7) is 3.87. The zero-order chi connectivity index (χ0) is 19.2. The zero-order valence-corrected chi connectivity index (χ0v) is 15.3. The van der Waals surface area contributed by atoms with Crippen molar-refractivity contribution in [2.75, 3.05) is 13.2 Å². The smallest absolute Gasteiger partial charge is 0.419 e. The van der Waals surface area contributed by atoms with Crippen LogP contribution in [0.2, 0.25) is 0 Å². The maximum atomic E-state index is 12.8. The lowest BCUT2D eigenvalue weighted by Gasteiger charge is -2.12. The minimum atomic E-state index is -0.610. The number of carbonyl (C=O) groups is 2. The first-order chi connectivity index (χ1) is 13.2. The second-order valence-electron chi connectivity index (χ2n) is 5.78. The molecule has 1 aromatic heterocycles. The summed E-state index contributed by atoms with van der Waals surface area (Å²) in [5.74, 6) is -0.563. The van der Waals surface area contributed by atoms with Crippen LogP contribution in [0.15, 0.2) is 66.7 Å². The largest absolute Gasteiger partial charge is 0.461 e. The molecule has 0 aliphatic carbocycles. The van der Waals surface area contributed by atoms with Crippen LogP contribution in [0, 0.1) is 0 Å². The van der Waals surface area contributed by atoms with Crippen molar-refractivity contribution >= 4 is 12.1 Å². The topological polar surface area (TPSA) is 57.5 Å². The number of hydrogen-bond acceptors (Lipinski definition) is 4. The summed E-state index contributed by atoms with van der Waals surface area (Å²) in [6, 6.07) is 20.7. The normalized spacial score (nSPS) is 10.4. The van der Waals surface area contributed by atoms with E-state index in [0.717, 1.165) is 11.1 Å². The van der Waals surface area contributed by atoms with Gasteiger partial charge in [0.15, 0.2) is 0 Å². The Labute approximate surface area is 158 Å². The highest BCUT2D eigenvalue weighted by molar-refractivity contribution is 6.02. The summed E-state index contributed by atoms with van der Waals surface area (Å²) in [6.07, 6.45) is -0.610. The van der Waals surface area contributed by atoms with E-state index in [0.29, 0.717) is 11.3 Å². The number of carbonyl (C=O) groups excluding carboxylic acids is 2. The quantitative estimate of drug-likeness (QED) is 0.598. The lowest BCUT2D eigenvalue weighted by molar-refractivity contribution is 0.0512. The van der Waals surface area contributed by atoms with Crippen LogP contribution >= 0.6 is 0 Å². The van der Waals surface area contributed by atoms with Gasteiger partial charge in [-0.05, 0) is 31.0 Å². The summed E-state index contributed by atoms with van der Waals surface area (Å²) in [4.78, 5) is 25.5. The number of esters is 1. The number of rotatable bonds is 5. The van der Waals surface area contributed by atoms with Gasteiger partial charge in [0.1, 0.15) is 5.69 Å². The summed E-state index contributed by atoms with van der Waals surface area (Å²) in [5.41, 5.74) is 3.00. The van der Waals surface area contributed by atoms with E-state index < -0.39 is 12.1 Å². The lowest BCUT2D eigenvalue weighted by atomic mass is 10.0. The summed E-state index contributed by atoms with van der Waals surface area (Å²) < 4.78 is 11.8. The molecule has 0 N–H and O–H groups in total. The van der Waals surface area contributed by atoms with Crippen molar-refractivity contribution in [3.8, 4) is 22.4 Å². The highest BCUT2D eigenvalue weighted by atomic mass is 16.6. The van der Waals surface area contributed by atoms with Gasteiger partial charge in [-0.2, -0.15) is 0 Å². The third kappa shape index (κ3) is 3.77. The third-order valence-corrected chi connectivity index (χ3v) is 4.07. The van der Waals surface area contributed by atoms with Gasteiger partial charge in [0, 0.05) is 5.56 Å². The molecule has 138 valence electrons. The second kappa shape index (κ2) is 8.36.